The quantitative estimate of drug-likeness (QED) is 0.679. The highest BCUT2D eigenvalue weighted by molar-refractivity contribution is 6.17. The molecule has 0 radical (unpaired) electrons. The minimum absolute atomic E-state index is 0. The molecule has 0 aliphatic heterocycles. The molecule has 1 atom stereocenters. The van der Waals surface area contributed by atoms with Crippen LogP contribution in [0, 0.1) is 0 Å². The van der Waals surface area contributed by atoms with Gasteiger partial charge in [-0.05, 0) is 24.3 Å². The van der Waals surface area contributed by atoms with Gasteiger partial charge in [-0.2, -0.15) is 0 Å². The molecule has 0 heterocycles. The van der Waals surface area contributed by atoms with Crippen molar-refractivity contribution in [2.24, 2.45) is 0 Å². The molecule has 0 bridgehead atoms. The van der Waals surface area contributed by atoms with Gasteiger partial charge < -0.3 is 22.0 Å². The molecule has 0 fully saturated rings. The largest absolute Gasteiger partial charge is 1.00 e. The molecule has 2 nitrogen and oxygen atoms in total. The van der Waals surface area contributed by atoms with Gasteiger partial charge in [-0.15, -0.1) is 11.6 Å². The molecule has 0 saturated heterocycles. The van der Waals surface area contributed by atoms with E-state index in [1.807, 2.05) is 18.2 Å². The van der Waals surface area contributed by atoms with Crippen molar-refractivity contribution < 1.29 is 22.0 Å². The van der Waals surface area contributed by atoms with Crippen LogP contribution in [0.1, 0.15) is 11.1 Å². The Labute approximate surface area is 138 Å². The smallest absolute Gasteiger partial charge is 0.118 e. The molecule has 0 amide bonds. The molecule has 1 unspecified atom stereocenters. The van der Waals surface area contributed by atoms with Crippen LogP contribution in [0.3, 0.4) is 0 Å². The Kier molecular flexibility index (Phi) is 8.21. The lowest BCUT2D eigenvalue weighted by Crippen LogP contribution is -3.09. The van der Waals surface area contributed by atoms with E-state index >= 15 is 0 Å². The standard InChI is InChI=1S/C17H20ClNO.ClH/c1-20-17-9-7-16(8-10-17)14-19(12-11-18)13-15-5-3-2-4-6-15;/h2-10H,11-14H2,1H3;1H. The van der Waals surface area contributed by atoms with Crippen LogP contribution in [-0.4, -0.2) is 19.5 Å². The van der Waals surface area contributed by atoms with E-state index in [0.717, 1.165) is 25.4 Å². The third-order valence-electron chi connectivity index (χ3n) is 3.36. The average Bonchev–Trinajstić information content (AvgIpc) is 2.49. The van der Waals surface area contributed by atoms with Crippen LogP contribution < -0.4 is 22.0 Å². The first-order chi connectivity index (χ1) is 9.81. The predicted octanol–water partition coefficient (Wildman–Crippen LogP) is -0.477. The lowest BCUT2D eigenvalue weighted by atomic mass is 10.1. The summed E-state index contributed by atoms with van der Waals surface area (Å²) < 4.78 is 5.19. The van der Waals surface area contributed by atoms with Gasteiger partial charge in [0.15, 0.2) is 0 Å². The van der Waals surface area contributed by atoms with Crippen LogP contribution in [0.25, 0.3) is 0 Å². The summed E-state index contributed by atoms with van der Waals surface area (Å²) in [5.41, 5.74) is 2.66. The fourth-order valence-electron chi connectivity index (χ4n) is 2.29. The molecule has 1 N–H and O–H groups in total. The zero-order chi connectivity index (χ0) is 14.2. The Morgan fingerprint density at radius 1 is 0.905 bits per heavy atom. The third kappa shape index (κ3) is 5.96. The van der Waals surface area contributed by atoms with E-state index in [2.05, 4.69) is 36.4 Å². The zero-order valence-electron chi connectivity index (χ0n) is 12.2. The van der Waals surface area contributed by atoms with Crippen LogP contribution >= 0.6 is 11.6 Å². The third-order valence-corrected chi connectivity index (χ3v) is 3.55. The van der Waals surface area contributed by atoms with Gasteiger partial charge in [0, 0.05) is 11.1 Å². The summed E-state index contributed by atoms with van der Waals surface area (Å²) in [4.78, 5) is 1.47. The van der Waals surface area contributed by atoms with E-state index in [1.165, 1.54) is 16.0 Å². The van der Waals surface area contributed by atoms with Crippen molar-refractivity contribution in [2.45, 2.75) is 13.1 Å². The first-order valence-corrected chi connectivity index (χ1v) is 7.41. The van der Waals surface area contributed by atoms with E-state index in [0.29, 0.717) is 5.88 Å². The zero-order valence-corrected chi connectivity index (χ0v) is 13.7. The first kappa shape index (κ1) is 17.8. The van der Waals surface area contributed by atoms with E-state index in [-0.39, 0.29) is 12.4 Å². The molecular weight excluding hydrogens is 305 g/mol. The summed E-state index contributed by atoms with van der Waals surface area (Å²) in [5.74, 6) is 1.58. The van der Waals surface area contributed by atoms with Gasteiger partial charge in [0.25, 0.3) is 0 Å². The number of nitrogens with one attached hydrogen (secondary N) is 1. The molecule has 0 aromatic heterocycles. The Morgan fingerprint density at radius 2 is 1.48 bits per heavy atom. The van der Waals surface area contributed by atoms with Crippen molar-refractivity contribution in [2.75, 3.05) is 19.5 Å². The monoisotopic (exact) mass is 325 g/mol. The second-order valence-electron chi connectivity index (χ2n) is 4.88. The van der Waals surface area contributed by atoms with Crippen LogP contribution in [-0.2, 0) is 13.1 Å². The van der Waals surface area contributed by atoms with E-state index < -0.39 is 0 Å². The molecule has 0 spiro atoms. The van der Waals surface area contributed by atoms with Crippen LogP contribution in [0.5, 0.6) is 5.75 Å². The summed E-state index contributed by atoms with van der Waals surface area (Å²) >= 11 is 5.94. The average molecular weight is 326 g/mol. The van der Waals surface area contributed by atoms with Crippen LogP contribution in [0.4, 0.5) is 0 Å². The molecule has 0 aliphatic carbocycles. The molecular formula is C17H21Cl2NO. The van der Waals surface area contributed by atoms with Gasteiger partial charge in [-0.3, -0.25) is 0 Å². The van der Waals surface area contributed by atoms with Gasteiger partial charge in [0.2, 0.25) is 0 Å². The van der Waals surface area contributed by atoms with Gasteiger partial charge in [0.1, 0.15) is 18.8 Å². The van der Waals surface area contributed by atoms with Crippen molar-refractivity contribution in [1.82, 2.24) is 0 Å². The maximum absolute atomic E-state index is 5.94. The molecule has 0 saturated carbocycles. The summed E-state index contributed by atoms with van der Waals surface area (Å²) in [6, 6.07) is 18.8. The van der Waals surface area contributed by atoms with Gasteiger partial charge in [-0.1, -0.05) is 30.3 Å². The number of rotatable bonds is 7. The van der Waals surface area contributed by atoms with Crippen molar-refractivity contribution in [3.05, 3.63) is 65.7 Å². The number of methoxy groups -OCH3 is 1. The first-order valence-electron chi connectivity index (χ1n) is 6.88. The summed E-state index contributed by atoms with van der Waals surface area (Å²) in [5, 5.41) is 0. The number of alkyl halides is 1. The number of halogens is 2. The lowest BCUT2D eigenvalue weighted by Gasteiger charge is -2.19. The molecule has 2 aromatic carbocycles. The van der Waals surface area contributed by atoms with Crippen molar-refractivity contribution >= 4 is 11.6 Å². The number of benzene rings is 2. The van der Waals surface area contributed by atoms with E-state index in [1.54, 1.807) is 7.11 Å². The van der Waals surface area contributed by atoms with E-state index in [4.69, 9.17) is 16.3 Å². The molecule has 114 valence electrons. The predicted molar refractivity (Wildman–Crippen MR) is 83.4 cm³/mol. The highest BCUT2D eigenvalue weighted by atomic mass is 35.5. The number of hydrogen-bond donors (Lipinski definition) is 1. The summed E-state index contributed by atoms with van der Waals surface area (Å²) in [6.07, 6.45) is 0. The Balaban J connectivity index is 0.00000220. The van der Waals surface area contributed by atoms with Crippen molar-refractivity contribution in [1.29, 1.82) is 0 Å². The summed E-state index contributed by atoms with van der Waals surface area (Å²) in [6.45, 7) is 2.94. The SMILES string of the molecule is COc1ccc(C[NH+](CCCl)Cc2ccccc2)cc1.[Cl-]. The second kappa shape index (κ2) is 9.67. The minimum atomic E-state index is 0. The maximum Gasteiger partial charge on any atom is 0.118 e. The highest BCUT2D eigenvalue weighted by Gasteiger charge is 2.10. The topological polar surface area (TPSA) is 13.7 Å². The summed E-state index contributed by atoms with van der Waals surface area (Å²) in [7, 11) is 1.69. The Bertz CT molecular complexity index is 502. The molecule has 21 heavy (non-hydrogen) atoms. The van der Waals surface area contributed by atoms with Crippen LogP contribution in [0.15, 0.2) is 54.6 Å². The van der Waals surface area contributed by atoms with Gasteiger partial charge in [-0.25, -0.2) is 0 Å². The fourth-order valence-corrected chi connectivity index (χ4v) is 2.56. The minimum Gasteiger partial charge on any atom is -1.00 e. The van der Waals surface area contributed by atoms with Crippen molar-refractivity contribution in [3.63, 3.8) is 0 Å². The van der Waals surface area contributed by atoms with Gasteiger partial charge in [0.05, 0.1) is 19.5 Å². The van der Waals surface area contributed by atoms with E-state index in [9.17, 15) is 0 Å². The molecule has 0 aliphatic rings. The number of hydrogen-bond acceptors (Lipinski definition) is 1. The fraction of sp³-hybridized carbons (Fsp3) is 0.294. The highest BCUT2D eigenvalue weighted by Crippen LogP contribution is 2.10. The van der Waals surface area contributed by atoms with Gasteiger partial charge >= 0.3 is 0 Å². The maximum atomic E-state index is 5.94. The molecule has 2 aromatic rings. The lowest BCUT2D eigenvalue weighted by molar-refractivity contribution is -0.925. The Hall–Kier alpha value is -1.22. The second-order valence-corrected chi connectivity index (χ2v) is 5.25. The number of ether oxygens (including phenoxy) is 1. The van der Waals surface area contributed by atoms with Crippen molar-refractivity contribution in [3.8, 4) is 5.75 Å². The van der Waals surface area contributed by atoms with Crippen LogP contribution in [0.2, 0.25) is 0 Å². The number of quaternary nitrogens is 1. The normalized spacial score (nSPS) is 11.5. The molecule has 2 rings (SSSR count). The molecule has 4 heteroatoms. The Morgan fingerprint density at radius 3 is 2.00 bits per heavy atom.